The molecule has 0 aliphatic carbocycles. The van der Waals surface area contributed by atoms with Crippen molar-refractivity contribution in [2.45, 2.75) is 6.92 Å². The zero-order chi connectivity index (χ0) is 19.3. The van der Waals surface area contributed by atoms with Gasteiger partial charge in [-0.15, -0.1) is 0 Å². The van der Waals surface area contributed by atoms with Gasteiger partial charge in [-0.25, -0.2) is 9.20 Å². The molecule has 2 N–H and O–H groups in total. The quantitative estimate of drug-likeness (QED) is 0.558. The number of hydrogen-bond acceptors (Lipinski definition) is 7. The van der Waals surface area contributed by atoms with Gasteiger partial charge < -0.3 is 9.67 Å². The minimum absolute atomic E-state index is 0.0937. The molecule has 0 unspecified atom stereocenters. The summed E-state index contributed by atoms with van der Waals surface area (Å²) in [7, 11) is 0. The van der Waals surface area contributed by atoms with Gasteiger partial charge in [-0.1, -0.05) is 29.5 Å². The highest BCUT2D eigenvalue weighted by Crippen LogP contribution is 2.37. The van der Waals surface area contributed by atoms with Gasteiger partial charge in [0, 0.05) is 29.2 Å². The summed E-state index contributed by atoms with van der Waals surface area (Å²) < 4.78 is 7.90. The van der Waals surface area contributed by atoms with E-state index in [0.29, 0.717) is 10.7 Å². The molecule has 28 heavy (non-hydrogen) atoms. The van der Waals surface area contributed by atoms with Gasteiger partial charge in [0.15, 0.2) is 4.80 Å². The number of allylic oxidation sites excluding steroid dienone is 1. The minimum atomic E-state index is -0.0937. The van der Waals surface area contributed by atoms with Crippen molar-refractivity contribution in [3.63, 3.8) is 0 Å². The lowest BCUT2D eigenvalue weighted by molar-refractivity contribution is 0.303. The standard InChI is InChI=1S/C19H14N6O2S/c1-11-13(12-6-2-3-7-14(12)21-11)10-15-18(26)25(19(20)28-15)17-16(22-27-23-17)24-8-4-5-9-24/h2-10,20,26H,1H3/b13-10+,20-19?. The first-order chi connectivity index (χ1) is 13.6. The van der Waals surface area contributed by atoms with Gasteiger partial charge in [0.2, 0.25) is 17.5 Å². The average Bonchev–Trinajstić information content (AvgIpc) is 3.44. The summed E-state index contributed by atoms with van der Waals surface area (Å²) in [6.07, 6.45) is 5.42. The molecule has 0 radical (unpaired) electrons. The second-order valence-electron chi connectivity index (χ2n) is 6.20. The molecule has 0 spiro atoms. The summed E-state index contributed by atoms with van der Waals surface area (Å²) in [6.45, 7) is 1.93. The van der Waals surface area contributed by atoms with E-state index in [2.05, 4.69) is 15.3 Å². The zero-order valence-electron chi connectivity index (χ0n) is 14.7. The first kappa shape index (κ1) is 16.5. The maximum absolute atomic E-state index is 10.8. The molecule has 138 valence electrons. The van der Waals surface area contributed by atoms with E-state index in [-0.39, 0.29) is 16.5 Å². The number of aliphatic imine (C=N–C) groups is 1. The number of nitrogens with zero attached hydrogens (tertiary/aromatic N) is 5. The summed E-state index contributed by atoms with van der Waals surface area (Å²) in [4.78, 5) is 5.20. The fourth-order valence-corrected chi connectivity index (χ4v) is 4.03. The third kappa shape index (κ3) is 2.44. The van der Waals surface area contributed by atoms with Crippen LogP contribution in [-0.4, -0.2) is 30.3 Å². The van der Waals surface area contributed by atoms with Crippen LogP contribution in [0.25, 0.3) is 23.3 Å². The molecule has 0 amide bonds. The SMILES string of the molecule is CC1=Nc2ccccc2/C1=C/c1sc(=N)n(-c2nonc2-n2cccc2)c1O. The topological polar surface area (TPSA) is 105 Å². The van der Waals surface area contributed by atoms with Crippen molar-refractivity contribution < 1.29 is 9.74 Å². The molecule has 0 saturated carbocycles. The molecule has 0 atom stereocenters. The van der Waals surface area contributed by atoms with Crippen LogP contribution in [-0.2, 0) is 0 Å². The van der Waals surface area contributed by atoms with E-state index in [0.717, 1.165) is 33.9 Å². The molecule has 1 aliphatic heterocycles. The van der Waals surface area contributed by atoms with Crippen molar-refractivity contribution in [2.24, 2.45) is 4.99 Å². The van der Waals surface area contributed by atoms with Crippen molar-refractivity contribution in [1.29, 1.82) is 5.41 Å². The second kappa shape index (κ2) is 6.17. The molecule has 9 heteroatoms. The summed E-state index contributed by atoms with van der Waals surface area (Å²) >= 11 is 1.14. The van der Waals surface area contributed by atoms with Gasteiger partial charge in [0.25, 0.3) is 0 Å². The molecule has 0 fully saturated rings. The molecule has 3 aromatic heterocycles. The number of hydrogen-bond donors (Lipinski definition) is 2. The van der Waals surface area contributed by atoms with E-state index in [1.165, 1.54) is 4.57 Å². The van der Waals surface area contributed by atoms with Crippen LogP contribution in [0.4, 0.5) is 5.69 Å². The van der Waals surface area contributed by atoms with Crippen LogP contribution in [0.15, 0.2) is 58.4 Å². The normalized spacial score (nSPS) is 14.5. The molecule has 1 aliphatic rings. The summed E-state index contributed by atoms with van der Waals surface area (Å²) in [5.74, 6) is 0.542. The van der Waals surface area contributed by atoms with E-state index in [1.807, 2.05) is 49.4 Å². The highest BCUT2D eigenvalue weighted by atomic mass is 32.1. The van der Waals surface area contributed by atoms with Crippen LogP contribution in [0, 0.1) is 5.41 Å². The van der Waals surface area contributed by atoms with Crippen LogP contribution < -0.4 is 4.80 Å². The molecular weight excluding hydrogens is 376 g/mol. The molecule has 5 rings (SSSR count). The number of benzene rings is 1. The van der Waals surface area contributed by atoms with Crippen LogP contribution >= 0.6 is 11.3 Å². The van der Waals surface area contributed by atoms with Gasteiger partial charge >= 0.3 is 0 Å². The Hall–Kier alpha value is -3.72. The van der Waals surface area contributed by atoms with Gasteiger partial charge in [0.05, 0.1) is 10.6 Å². The average molecular weight is 390 g/mol. The predicted molar refractivity (Wildman–Crippen MR) is 105 cm³/mol. The first-order valence-corrected chi connectivity index (χ1v) is 9.27. The number of rotatable bonds is 3. The van der Waals surface area contributed by atoms with Crippen molar-refractivity contribution in [2.75, 3.05) is 0 Å². The van der Waals surface area contributed by atoms with Crippen LogP contribution in [0.2, 0.25) is 0 Å². The maximum atomic E-state index is 10.8. The monoisotopic (exact) mass is 390 g/mol. The van der Waals surface area contributed by atoms with Crippen LogP contribution in [0.3, 0.4) is 0 Å². The predicted octanol–water partition coefficient (Wildman–Crippen LogP) is 3.54. The third-order valence-electron chi connectivity index (χ3n) is 4.50. The van der Waals surface area contributed by atoms with Crippen molar-refractivity contribution in [1.82, 2.24) is 19.4 Å². The first-order valence-electron chi connectivity index (χ1n) is 8.46. The van der Waals surface area contributed by atoms with E-state index in [1.54, 1.807) is 17.0 Å². The Labute approximate surface area is 162 Å². The Kier molecular flexibility index (Phi) is 3.63. The summed E-state index contributed by atoms with van der Waals surface area (Å²) in [5.41, 5.74) is 3.69. The number of aromatic nitrogens is 4. The lowest BCUT2D eigenvalue weighted by Crippen LogP contribution is -2.13. The van der Waals surface area contributed by atoms with Gasteiger partial charge in [-0.2, -0.15) is 0 Å². The lowest BCUT2D eigenvalue weighted by Gasteiger charge is -2.03. The molecular formula is C19H14N6O2S. The fourth-order valence-electron chi connectivity index (χ4n) is 3.20. The summed E-state index contributed by atoms with van der Waals surface area (Å²) in [6, 6.07) is 11.5. The van der Waals surface area contributed by atoms with Crippen molar-refractivity contribution in [3.8, 4) is 17.5 Å². The summed E-state index contributed by atoms with van der Waals surface area (Å²) in [5, 5.41) is 27.0. The number of fused-ring (bicyclic) bond motifs is 1. The van der Waals surface area contributed by atoms with Gasteiger partial charge in [0.1, 0.15) is 0 Å². The number of nitrogens with one attached hydrogen (secondary N) is 1. The smallest absolute Gasteiger partial charge is 0.231 e. The Morgan fingerprint density at radius 1 is 1.11 bits per heavy atom. The van der Waals surface area contributed by atoms with Crippen molar-refractivity contribution >= 4 is 34.4 Å². The Bertz CT molecular complexity index is 1310. The maximum Gasteiger partial charge on any atom is 0.231 e. The number of para-hydroxylation sites is 1. The second-order valence-corrected chi connectivity index (χ2v) is 7.24. The fraction of sp³-hybridized carbons (Fsp3) is 0.0526. The molecule has 4 aromatic rings. The van der Waals surface area contributed by atoms with E-state index in [4.69, 9.17) is 10.0 Å². The van der Waals surface area contributed by atoms with Crippen LogP contribution in [0.5, 0.6) is 5.88 Å². The minimum Gasteiger partial charge on any atom is -0.493 e. The van der Waals surface area contributed by atoms with Gasteiger partial charge in [-0.05, 0) is 41.5 Å². The molecule has 8 nitrogen and oxygen atoms in total. The lowest BCUT2D eigenvalue weighted by atomic mass is 10.0. The number of aromatic hydroxyl groups is 1. The van der Waals surface area contributed by atoms with Crippen LogP contribution in [0.1, 0.15) is 17.4 Å². The highest BCUT2D eigenvalue weighted by Gasteiger charge is 2.23. The largest absolute Gasteiger partial charge is 0.493 e. The molecule has 0 bridgehead atoms. The van der Waals surface area contributed by atoms with E-state index < -0.39 is 0 Å². The Morgan fingerprint density at radius 3 is 2.68 bits per heavy atom. The number of thiazole rings is 1. The van der Waals surface area contributed by atoms with E-state index in [9.17, 15) is 5.11 Å². The molecule has 4 heterocycles. The van der Waals surface area contributed by atoms with E-state index >= 15 is 0 Å². The highest BCUT2D eigenvalue weighted by molar-refractivity contribution is 7.10. The van der Waals surface area contributed by atoms with Crippen molar-refractivity contribution in [3.05, 3.63) is 64.0 Å². The Morgan fingerprint density at radius 2 is 1.86 bits per heavy atom. The zero-order valence-corrected chi connectivity index (χ0v) is 15.5. The molecule has 1 aromatic carbocycles. The Balaban J connectivity index is 1.64. The van der Waals surface area contributed by atoms with Gasteiger partial charge in [-0.3, -0.25) is 10.4 Å². The third-order valence-corrected chi connectivity index (χ3v) is 5.40. The molecule has 0 saturated heterocycles.